The van der Waals surface area contributed by atoms with Crippen molar-refractivity contribution in [2.45, 2.75) is 6.92 Å². The topological polar surface area (TPSA) is 26.0 Å². The first kappa shape index (κ1) is 8.31. The van der Waals surface area contributed by atoms with Crippen molar-refractivity contribution >= 4 is 49.7 Å². The molecular formula is C9H8INS. The summed E-state index contributed by atoms with van der Waals surface area (Å²) in [4.78, 5) is 1.32. The predicted molar refractivity (Wildman–Crippen MR) is 63.7 cm³/mol. The molecule has 0 spiro atoms. The molecule has 1 aromatic carbocycles. The Morgan fingerprint density at radius 1 is 1.33 bits per heavy atom. The Bertz CT molecular complexity index is 433. The molecule has 0 fully saturated rings. The van der Waals surface area contributed by atoms with Crippen LogP contribution in [-0.4, -0.2) is 0 Å². The van der Waals surface area contributed by atoms with E-state index in [2.05, 4.69) is 41.6 Å². The van der Waals surface area contributed by atoms with Crippen LogP contribution in [0.2, 0.25) is 0 Å². The Balaban J connectivity index is 2.88. The molecule has 1 heterocycles. The normalized spacial score (nSPS) is 10.8. The second-order valence-corrected chi connectivity index (χ2v) is 5.30. The van der Waals surface area contributed by atoms with E-state index in [0.717, 1.165) is 5.69 Å². The van der Waals surface area contributed by atoms with Gasteiger partial charge in [0.15, 0.2) is 0 Å². The Morgan fingerprint density at radius 3 is 2.83 bits per heavy atom. The second kappa shape index (κ2) is 2.88. The van der Waals surface area contributed by atoms with Gasteiger partial charge in [0.25, 0.3) is 0 Å². The highest BCUT2D eigenvalue weighted by Gasteiger charge is 2.02. The number of anilines is 1. The van der Waals surface area contributed by atoms with E-state index in [1.807, 2.05) is 6.07 Å². The van der Waals surface area contributed by atoms with Crippen molar-refractivity contribution in [2.75, 3.05) is 5.73 Å². The maximum absolute atomic E-state index is 5.87. The minimum Gasteiger partial charge on any atom is -0.398 e. The smallest absolute Gasteiger partial charge is 0.0412 e. The number of aryl methyl sites for hydroxylation is 1. The molecule has 0 saturated heterocycles. The summed E-state index contributed by atoms with van der Waals surface area (Å²) in [7, 11) is 0. The Hall–Kier alpha value is -0.290. The largest absolute Gasteiger partial charge is 0.398 e. The maximum atomic E-state index is 5.87. The molecule has 1 nitrogen and oxygen atoms in total. The molecule has 12 heavy (non-hydrogen) atoms. The number of nitrogens with two attached hydrogens (primary N) is 1. The summed E-state index contributed by atoms with van der Waals surface area (Å²) in [6.45, 7) is 2.11. The van der Waals surface area contributed by atoms with E-state index < -0.39 is 0 Å². The summed E-state index contributed by atoms with van der Waals surface area (Å²) in [5.74, 6) is 0. The van der Waals surface area contributed by atoms with E-state index in [9.17, 15) is 0 Å². The minimum atomic E-state index is 0.890. The van der Waals surface area contributed by atoms with E-state index in [4.69, 9.17) is 5.73 Å². The zero-order chi connectivity index (χ0) is 8.72. The molecular weight excluding hydrogens is 281 g/mol. The van der Waals surface area contributed by atoms with Gasteiger partial charge in [0.05, 0.1) is 0 Å². The summed E-state index contributed by atoms with van der Waals surface area (Å²) in [6, 6.07) is 6.32. The van der Waals surface area contributed by atoms with Crippen LogP contribution < -0.4 is 5.73 Å². The van der Waals surface area contributed by atoms with Gasteiger partial charge in [-0.2, -0.15) is 0 Å². The predicted octanol–water partition coefficient (Wildman–Crippen LogP) is 3.40. The number of nitrogen functional groups attached to an aromatic ring is 1. The van der Waals surface area contributed by atoms with Crippen molar-refractivity contribution in [3.05, 3.63) is 26.6 Å². The highest BCUT2D eigenvalue weighted by atomic mass is 127. The summed E-state index contributed by atoms with van der Waals surface area (Å²) in [6.07, 6.45) is 0. The molecule has 1 aromatic heterocycles. The first-order valence-electron chi connectivity index (χ1n) is 3.62. The van der Waals surface area contributed by atoms with Gasteiger partial charge in [0, 0.05) is 24.2 Å². The molecule has 0 bridgehead atoms. The number of halogens is 1. The van der Waals surface area contributed by atoms with Gasteiger partial charge >= 0.3 is 0 Å². The van der Waals surface area contributed by atoms with E-state index in [-0.39, 0.29) is 0 Å². The van der Waals surface area contributed by atoms with Crippen molar-refractivity contribution < 1.29 is 0 Å². The quantitative estimate of drug-likeness (QED) is 0.584. The van der Waals surface area contributed by atoms with Gasteiger partial charge < -0.3 is 5.73 Å². The Morgan fingerprint density at radius 2 is 2.08 bits per heavy atom. The molecule has 0 aliphatic rings. The van der Waals surface area contributed by atoms with Gasteiger partial charge in [-0.25, -0.2) is 0 Å². The van der Waals surface area contributed by atoms with Crippen LogP contribution in [0.15, 0.2) is 18.2 Å². The third kappa shape index (κ3) is 1.31. The average molecular weight is 289 g/mol. The first-order chi connectivity index (χ1) is 5.66. The van der Waals surface area contributed by atoms with E-state index in [1.165, 1.54) is 18.5 Å². The van der Waals surface area contributed by atoms with E-state index in [1.54, 1.807) is 11.3 Å². The summed E-state index contributed by atoms with van der Waals surface area (Å²) in [5.41, 5.74) is 6.76. The summed E-state index contributed by atoms with van der Waals surface area (Å²) >= 11 is 4.09. The lowest BCUT2D eigenvalue weighted by Gasteiger charge is -1.96. The summed E-state index contributed by atoms with van der Waals surface area (Å²) in [5, 5.41) is 1.19. The monoisotopic (exact) mass is 289 g/mol. The number of rotatable bonds is 0. The molecule has 0 unspecified atom stereocenters. The van der Waals surface area contributed by atoms with Gasteiger partial charge in [-0.3, -0.25) is 0 Å². The number of benzene rings is 1. The van der Waals surface area contributed by atoms with Crippen LogP contribution in [0.4, 0.5) is 5.69 Å². The second-order valence-electron chi connectivity index (χ2n) is 2.76. The third-order valence-electron chi connectivity index (χ3n) is 1.76. The highest BCUT2D eigenvalue weighted by molar-refractivity contribution is 14.1. The van der Waals surface area contributed by atoms with Gasteiger partial charge in [-0.1, -0.05) is 0 Å². The van der Waals surface area contributed by atoms with Crippen molar-refractivity contribution in [3.8, 4) is 0 Å². The van der Waals surface area contributed by atoms with Gasteiger partial charge in [-0.05, 0) is 47.7 Å². The van der Waals surface area contributed by atoms with Crippen LogP contribution >= 0.6 is 33.9 Å². The molecule has 2 rings (SSSR count). The number of thiophene rings is 1. The SMILES string of the molecule is Cc1cc2c(N)cc(I)cc2s1. The first-order valence-corrected chi connectivity index (χ1v) is 5.51. The molecule has 0 amide bonds. The maximum Gasteiger partial charge on any atom is 0.0412 e. The Kier molecular flexibility index (Phi) is 2.00. The van der Waals surface area contributed by atoms with Crippen LogP contribution in [0.1, 0.15) is 4.88 Å². The lowest BCUT2D eigenvalue weighted by Crippen LogP contribution is -1.85. The zero-order valence-electron chi connectivity index (χ0n) is 6.60. The van der Waals surface area contributed by atoms with E-state index >= 15 is 0 Å². The van der Waals surface area contributed by atoms with Crippen molar-refractivity contribution in [1.29, 1.82) is 0 Å². The Labute approximate surface area is 88.7 Å². The number of fused-ring (bicyclic) bond motifs is 1. The third-order valence-corrected chi connectivity index (χ3v) is 3.38. The minimum absolute atomic E-state index is 0.890. The van der Waals surface area contributed by atoms with Gasteiger partial charge in [0.1, 0.15) is 0 Å². The molecule has 62 valence electrons. The van der Waals surface area contributed by atoms with Crippen LogP contribution in [-0.2, 0) is 0 Å². The van der Waals surface area contributed by atoms with E-state index in [0.29, 0.717) is 0 Å². The van der Waals surface area contributed by atoms with Crippen molar-refractivity contribution in [1.82, 2.24) is 0 Å². The molecule has 0 radical (unpaired) electrons. The molecule has 0 aliphatic heterocycles. The van der Waals surface area contributed by atoms with Crippen LogP contribution in [0.5, 0.6) is 0 Å². The zero-order valence-corrected chi connectivity index (χ0v) is 9.57. The highest BCUT2D eigenvalue weighted by Crippen LogP contribution is 2.31. The van der Waals surface area contributed by atoms with Gasteiger partial charge in [-0.15, -0.1) is 11.3 Å². The standard InChI is InChI=1S/C9H8INS/c1-5-2-7-8(11)3-6(10)4-9(7)12-5/h2-4H,11H2,1H3. The van der Waals surface area contributed by atoms with Crippen molar-refractivity contribution in [2.24, 2.45) is 0 Å². The molecule has 2 N–H and O–H groups in total. The fraction of sp³-hybridized carbons (Fsp3) is 0.111. The lowest BCUT2D eigenvalue weighted by molar-refractivity contribution is 1.65. The molecule has 0 atom stereocenters. The van der Waals surface area contributed by atoms with Crippen LogP contribution in [0.3, 0.4) is 0 Å². The van der Waals surface area contributed by atoms with Gasteiger partial charge in [0.2, 0.25) is 0 Å². The number of hydrogen-bond acceptors (Lipinski definition) is 2. The molecule has 2 aromatic rings. The fourth-order valence-electron chi connectivity index (χ4n) is 1.26. The van der Waals surface area contributed by atoms with Crippen molar-refractivity contribution in [3.63, 3.8) is 0 Å². The number of hydrogen-bond donors (Lipinski definition) is 1. The average Bonchev–Trinajstić information content (AvgIpc) is 2.29. The fourth-order valence-corrected chi connectivity index (χ4v) is 3.11. The molecule has 0 aliphatic carbocycles. The van der Waals surface area contributed by atoms with Crippen LogP contribution in [0, 0.1) is 10.5 Å². The molecule has 0 saturated carbocycles. The van der Waals surface area contributed by atoms with Crippen LogP contribution in [0.25, 0.3) is 10.1 Å². The summed E-state index contributed by atoms with van der Waals surface area (Å²) < 4.78 is 2.50. The lowest BCUT2D eigenvalue weighted by atomic mass is 10.2. The molecule has 3 heteroatoms.